The number of rotatable bonds is 3. The van der Waals surface area contributed by atoms with Gasteiger partial charge in [0.25, 0.3) is 0 Å². The number of nitrogens with zero attached hydrogens (tertiary/aromatic N) is 3. The van der Waals surface area contributed by atoms with Crippen molar-refractivity contribution in [1.82, 2.24) is 4.40 Å². The van der Waals surface area contributed by atoms with Gasteiger partial charge in [0.1, 0.15) is 17.4 Å². The summed E-state index contributed by atoms with van der Waals surface area (Å²) in [4.78, 5) is 2.27. The monoisotopic (exact) mass is 615 g/mol. The van der Waals surface area contributed by atoms with Crippen LogP contribution in [0.15, 0.2) is 138 Å². The second-order valence-corrected chi connectivity index (χ2v) is 12.8. The van der Waals surface area contributed by atoms with Gasteiger partial charge in [-0.3, -0.25) is 0 Å². The highest BCUT2D eigenvalue weighted by atomic mass is 16.5. The first-order chi connectivity index (χ1) is 23.8. The number of hydrogen-bond acceptors (Lipinski definition) is 4. The van der Waals surface area contributed by atoms with E-state index in [1.165, 1.54) is 22.0 Å². The predicted octanol–water partition coefficient (Wildman–Crippen LogP) is 11.2. The van der Waals surface area contributed by atoms with Crippen LogP contribution in [0.3, 0.4) is 0 Å². The first kappa shape index (κ1) is 25.7. The zero-order valence-electron chi connectivity index (χ0n) is 25.6. The molecule has 48 heavy (non-hydrogen) atoms. The molecule has 2 aliphatic rings. The van der Waals surface area contributed by atoms with Crippen LogP contribution >= 0.6 is 0 Å². The Morgan fingerprint density at radius 3 is 2.27 bits per heavy atom. The molecule has 0 N–H and O–H groups in total. The van der Waals surface area contributed by atoms with Crippen LogP contribution in [0.2, 0.25) is 0 Å². The van der Waals surface area contributed by atoms with Crippen molar-refractivity contribution in [3.8, 4) is 11.8 Å². The lowest BCUT2D eigenvalue weighted by atomic mass is 9.87. The van der Waals surface area contributed by atoms with Crippen molar-refractivity contribution in [3.63, 3.8) is 0 Å². The van der Waals surface area contributed by atoms with E-state index >= 15 is 0 Å². The van der Waals surface area contributed by atoms with Crippen molar-refractivity contribution in [1.29, 1.82) is 5.26 Å². The van der Waals surface area contributed by atoms with Crippen LogP contribution in [-0.4, -0.2) is 4.40 Å². The van der Waals surface area contributed by atoms with Crippen molar-refractivity contribution >= 4 is 72.3 Å². The fourth-order valence-corrected chi connectivity index (χ4v) is 8.26. The van der Waals surface area contributed by atoms with E-state index in [0.29, 0.717) is 5.56 Å². The number of benzene rings is 6. The molecule has 0 saturated heterocycles. The molecule has 1 aliphatic carbocycles. The Labute approximate surface area is 275 Å². The number of furan rings is 1. The maximum absolute atomic E-state index is 9.53. The summed E-state index contributed by atoms with van der Waals surface area (Å²) >= 11 is 0. The summed E-state index contributed by atoms with van der Waals surface area (Å²) in [6.07, 6.45) is 4.45. The molecular weight excluding hydrogens is 590 g/mol. The molecule has 1 aliphatic heterocycles. The van der Waals surface area contributed by atoms with Gasteiger partial charge in [0.05, 0.1) is 28.4 Å². The summed E-state index contributed by atoms with van der Waals surface area (Å²) in [6.45, 7) is 0. The predicted molar refractivity (Wildman–Crippen MR) is 192 cm³/mol. The molecule has 0 bridgehead atoms. The zero-order chi connectivity index (χ0) is 31.5. The molecule has 2 unspecified atom stereocenters. The van der Waals surface area contributed by atoms with Crippen LogP contribution in [0.1, 0.15) is 34.4 Å². The number of ether oxygens (including phenoxy) is 1. The molecule has 0 radical (unpaired) electrons. The normalized spacial score (nSPS) is 16.4. The Morgan fingerprint density at radius 1 is 0.646 bits per heavy atom. The first-order valence-corrected chi connectivity index (χ1v) is 16.2. The molecule has 0 amide bonds. The largest absolute Gasteiger partial charge is 0.483 e. The van der Waals surface area contributed by atoms with Crippen LogP contribution in [0.4, 0.5) is 17.1 Å². The second kappa shape index (κ2) is 9.28. The van der Waals surface area contributed by atoms with Gasteiger partial charge in [0, 0.05) is 61.0 Å². The molecule has 0 fully saturated rings. The van der Waals surface area contributed by atoms with Crippen LogP contribution in [0.5, 0.6) is 5.75 Å². The minimum absolute atomic E-state index is 0.121. The maximum atomic E-state index is 9.53. The van der Waals surface area contributed by atoms with E-state index in [-0.39, 0.29) is 12.0 Å². The van der Waals surface area contributed by atoms with E-state index in [4.69, 9.17) is 9.15 Å². The summed E-state index contributed by atoms with van der Waals surface area (Å²) in [6, 6.07) is 46.3. The Kier molecular flexibility index (Phi) is 4.96. The van der Waals surface area contributed by atoms with Gasteiger partial charge in [-0.2, -0.15) is 5.26 Å². The third kappa shape index (κ3) is 3.28. The average Bonchev–Trinajstić information content (AvgIpc) is 3.88. The molecule has 3 aromatic heterocycles. The van der Waals surface area contributed by atoms with Crippen LogP contribution in [-0.2, 0) is 0 Å². The summed E-state index contributed by atoms with van der Waals surface area (Å²) in [5, 5.41) is 15.2. The number of fused-ring (bicyclic) bond motifs is 14. The smallest absolute Gasteiger partial charge is 0.160 e. The van der Waals surface area contributed by atoms with E-state index in [0.717, 1.165) is 66.7 Å². The molecule has 0 spiro atoms. The van der Waals surface area contributed by atoms with Crippen molar-refractivity contribution in [2.24, 2.45) is 0 Å². The third-order valence-electron chi connectivity index (χ3n) is 10.3. The molecule has 0 saturated carbocycles. The quantitative estimate of drug-likeness (QED) is 0.198. The Balaban J connectivity index is 1.27. The fraction of sp³-hybridized carbons (Fsp3) is 0.0465. The topological polar surface area (TPSA) is 53.8 Å². The third-order valence-corrected chi connectivity index (χ3v) is 10.3. The highest BCUT2D eigenvalue weighted by Crippen LogP contribution is 2.55. The molecule has 4 heterocycles. The summed E-state index contributed by atoms with van der Waals surface area (Å²) in [5.74, 6) is 1.07. The number of aromatic nitrogens is 1. The molecular formula is C43H25N3O2. The van der Waals surface area contributed by atoms with Crippen LogP contribution in [0.25, 0.3) is 55.2 Å². The van der Waals surface area contributed by atoms with Crippen molar-refractivity contribution in [2.75, 3.05) is 4.90 Å². The average molecular weight is 616 g/mol. The van der Waals surface area contributed by atoms with E-state index in [1.54, 1.807) is 0 Å². The van der Waals surface area contributed by atoms with E-state index < -0.39 is 0 Å². The zero-order valence-corrected chi connectivity index (χ0v) is 25.6. The molecule has 5 heteroatoms. The van der Waals surface area contributed by atoms with Gasteiger partial charge >= 0.3 is 0 Å². The summed E-state index contributed by atoms with van der Waals surface area (Å²) in [5.41, 5.74) is 11.3. The molecule has 5 nitrogen and oxygen atoms in total. The molecule has 9 aromatic rings. The van der Waals surface area contributed by atoms with Gasteiger partial charge in [-0.25, -0.2) is 0 Å². The SMILES string of the molecule is N#Cc1ccc(N(c2ccccc2)c2cc3c4c(n5c3c(c2)c2ccc3c6ccccc6oc3c25)C2Oc3ccccc3C2C=C4)cc1. The maximum Gasteiger partial charge on any atom is 0.160 e. The summed E-state index contributed by atoms with van der Waals surface area (Å²) in [7, 11) is 0. The van der Waals surface area contributed by atoms with Gasteiger partial charge in [-0.1, -0.05) is 72.8 Å². The van der Waals surface area contributed by atoms with Gasteiger partial charge in [-0.05, 0) is 66.7 Å². The minimum atomic E-state index is -0.166. The number of nitriles is 1. The molecule has 224 valence electrons. The van der Waals surface area contributed by atoms with E-state index in [1.807, 2.05) is 48.5 Å². The van der Waals surface area contributed by atoms with Gasteiger partial charge in [0.2, 0.25) is 0 Å². The Hall–Kier alpha value is -6.51. The number of anilines is 3. The lowest BCUT2D eigenvalue weighted by Gasteiger charge is -2.26. The highest BCUT2D eigenvalue weighted by molar-refractivity contribution is 6.25. The molecule has 2 atom stereocenters. The fourth-order valence-electron chi connectivity index (χ4n) is 8.26. The minimum Gasteiger partial charge on any atom is -0.483 e. The molecule has 11 rings (SSSR count). The van der Waals surface area contributed by atoms with Gasteiger partial charge in [-0.15, -0.1) is 0 Å². The van der Waals surface area contributed by atoms with E-state index in [9.17, 15) is 5.26 Å². The number of para-hydroxylation sites is 3. The molecule has 6 aromatic carbocycles. The van der Waals surface area contributed by atoms with Crippen LogP contribution < -0.4 is 9.64 Å². The summed E-state index contributed by atoms with van der Waals surface area (Å²) < 4.78 is 16.0. The van der Waals surface area contributed by atoms with Crippen molar-refractivity contribution < 1.29 is 9.15 Å². The Bertz CT molecular complexity index is 2840. The Morgan fingerprint density at radius 2 is 1.40 bits per heavy atom. The number of hydrogen-bond donors (Lipinski definition) is 0. The lowest BCUT2D eigenvalue weighted by Crippen LogP contribution is -2.14. The van der Waals surface area contributed by atoms with Crippen molar-refractivity contribution in [2.45, 2.75) is 12.0 Å². The van der Waals surface area contributed by atoms with Gasteiger partial charge < -0.3 is 18.5 Å². The van der Waals surface area contributed by atoms with Crippen LogP contribution in [0, 0.1) is 11.3 Å². The standard InChI is InChI=1S/C43H25N3O2/c44-24-25-14-16-27(17-15-25)45(26-8-2-1-3-9-26)28-22-35-31-18-20-33-29-10-4-6-12-37(29)47-42(33)40(31)46-39(35)36(23-28)32-19-21-34-30-11-5-7-13-38(30)48-43(34)41(32)46/h1-23,33,42H. The van der Waals surface area contributed by atoms with E-state index in [2.05, 4.69) is 106 Å². The van der Waals surface area contributed by atoms with Crippen molar-refractivity contribution in [3.05, 3.63) is 156 Å². The first-order valence-electron chi connectivity index (χ1n) is 16.2. The van der Waals surface area contributed by atoms with Gasteiger partial charge in [0.15, 0.2) is 5.58 Å². The second-order valence-electron chi connectivity index (χ2n) is 12.8. The lowest BCUT2D eigenvalue weighted by molar-refractivity contribution is 0.217. The highest BCUT2D eigenvalue weighted by Gasteiger charge is 2.41.